The van der Waals surface area contributed by atoms with Gasteiger partial charge in [-0.3, -0.25) is 4.98 Å². The lowest BCUT2D eigenvalue weighted by molar-refractivity contribution is 1.38. The summed E-state index contributed by atoms with van der Waals surface area (Å²) in [6.45, 7) is 0. The molecule has 0 fully saturated rings. The van der Waals surface area contributed by atoms with Gasteiger partial charge in [0.1, 0.15) is 0 Å². The molecule has 11 aromatic rings. The Bertz CT molecular complexity index is 3180. The summed E-state index contributed by atoms with van der Waals surface area (Å²) < 4.78 is 0. The number of nitrogens with zero attached hydrogens (tertiary/aromatic N) is 3. The maximum atomic E-state index is 5.55. The molecule has 240 valence electrons. The summed E-state index contributed by atoms with van der Waals surface area (Å²) in [6, 6.07) is 60.4. The van der Waals surface area contributed by atoms with Crippen LogP contribution in [0.3, 0.4) is 0 Å². The smallest absolute Gasteiger partial charge is 0.0972 e. The zero-order valence-corrected chi connectivity index (χ0v) is 28.1. The summed E-state index contributed by atoms with van der Waals surface area (Å²) in [5.74, 6) is 0. The van der Waals surface area contributed by atoms with E-state index in [4.69, 9.17) is 15.0 Å². The molecule has 0 radical (unpaired) electrons. The van der Waals surface area contributed by atoms with E-state index in [-0.39, 0.29) is 0 Å². The summed E-state index contributed by atoms with van der Waals surface area (Å²) in [7, 11) is 0. The van der Waals surface area contributed by atoms with Crippen LogP contribution in [0.25, 0.3) is 109 Å². The monoisotopic (exact) mass is 659 g/mol. The maximum Gasteiger partial charge on any atom is 0.0972 e. The molecule has 0 saturated carbocycles. The van der Waals surface area contributed by atoms with Crippen LogP contribution in [-0.2, 0) is 0 Å². The van der Waals surface area contributed by atoms with Crippen LogP contribution in [0, 0.1) is 0 Å². The first kappa shape index (κ1) is 28.8. The quantitative estimate of drug-likeness (QED) is 0.140. The Morgan fingerprint density at radius 1 is 0.346 bits per heavy atom. The van der Waals surface area contributed by atoms with Crippen LogP contribution in [0.2, 0.25) is 0 Å². The topological polar surface area (TPSA) is 38.7 Å². The third-order valence-corrected chi connectivity index (χ3v) is 10.6. The minimum absolute atomic E-state index is 0.875. The van der Waals surface area contributed by atoms with E-state index in [2.05, 4.69) is 170 Å². The van der Waals surface area contributed by atoms with Crippen LogP contribution in [0.5, 0.6) is 0 Å². The molecule has 0 aliphatic rings. The van der Waals surface area contributed by atoms with E-state index in [1.54, 1.807) is 0 Å². The Labute approximate surface area is 299 Å². The van der Waals surface area contributed by atoms with Crippen molar-refractivity contribution in [1.82, 2.24) is 15.0 Å². The molecule has 0 spiro atoms. The van der Waals surface area contributed by atoms with Gasteiger partial charge in [0.25, 0.3) is 0 Å². The number of benzene rings is 8. The molecule has 0 unspecified atom stereocenters. The van der Waals surface area contributed by atoms with Crippen LogP contribution in [0.4, 0.5) is 0 Å². The van der Waals surface area contributed by atoms with Gasteiger partial charge in [-0.2, -0.15) is 0 Å². The molecule has 3 heteroatoms. The highest BCUT2D eigenvalue weighted by molar-refractivity contribution is 6.29. The van der Waals surface area contributed by atoms with Crippen molar-refractivity contribution in [3.05, 3.63) is 176 Å². The van der Waals surface area contributed by atoms with Crippen molar-refractivity contribution in [2.75, 3.05) is 0 Å². The Morgan fingerprint density at radius 3 is 1.73 bits per heavy atom. The van der Waals surface area contributed by atoms with Gasteiger partial charge in [-0.25, -0.2) is 9.97 Å². The third kappa shape index (κ3) is 4.30. The molecule has 11 rings (SSSR count). The van der Waals surface area contributed by atoms with Gasteiger partial charge in [-0.1, -0.05) is 152 Å². The Morgan fingerprint density at radius 2 is 0.962 bits per heavy atom. The van der Waals surface area contributed by atoms with Crippen LogP contribution in [0.1, 0.15) is 0 Å². The molecule has 0 amide bonds. The molecule has 0 bridgehead atoms. The van der Waals surface area contributed by atoms with Crippen molar-refractivity contribution >= 4 is 75.8 Å². The van der Waals surface area contributed by atoms with Crippen molar-refractivity contribution in [3.63, 3.8) is 0 Å². The van der Waals surface area contributed by atoms with Gasteiger partial charge in [0.2, 0.25) is 0 Å². The Balaban J connectivity index is 1.27. The zero-order chi connectivity index (χ0) is 34.2. The number of fused-ring (bicyclic) bond motifs is 10. The van der Waals surface area contributed by atoms with Crippen LogP contribution < -0.4 is 0 Å². The van der Waals surface area contributed by atoms with Crippen LogP contribution >= 0.6 is 0 Å². The fourth-order valence-corrected chi connectivity index (χ4v) is 8.27. The van der Waals surface area contributed by atoms with Gasteiger partial charge >= 0.3 is 0 Å². The minimum Gasteiger partial charge on any atom is -0.253 e. The van der Waals surface area contributed by atoms with Crippen molar-refractivity contribution in [3.8, 4) is 33.6 Å². The normalized spacial score (nSPS) is 11.8. The Hall–Kier alpha value is -6.97. The summed E-state index contributed by atoms with van der Waals surface area (Å²) in [5, 5.41) is 12.5. The van der Waals surface area contributed by atoms with E-state index in [0.29, 0.717) is 0 Å². The molecule has 3 heterocycles. The molecule has 0 saturated heterocycles. The lowest BCUT2D eigenvalue weighted by Crippen LogP contribution is -1.97. The van der Waals surface area contributed by atoms with Crippen molar-refractivity contribution in [2.45, 2.75) is 0 Å². The average Bonchev–Trinajstić information content (AvgIpc) is 3.22. The number of para-hydroxylation sites is 1. The molecule has 0 aliphatic carbocycles. The highest BCUT2D eigenvalue weighted by Crippen LogP contribution is 2.47. The van der Waals surface area contributed by atoms with E-state index in [9.17, 15) is 0 Å². The van der Waals surface area contributed by atoms with Crippen molar-refractivity contribution in [1.29, 1.82) is 0 Å². The third-order valence-electron chi connectivity index (χ3n) is 10.6. The van der Waals surface area contributed by atoms with Crippen molar-refractivity contribution < 1.29 is 0 Å². The summed E-state index contributed by atoms with van der Waals surface area (Å²) in [5.41, 5.74) is 9.25. The summed E-state index contributed by atoms with van der Waals surface area (Å²) in [4.78, 5) is 16.1. The molecule has 0 atom stereocenters. The van der Waals surface area contributed by atoms with E-state index in [0.717, 1.165) is 66.0 Å². The lowest BCUT2D eigenvalue weighted by atomic mass is 9.85. The van der Waals surface area contributed by atoms with Gasteiger partial charge in [0, 0.05) is 44.3 Å². The fourth-order valence-electron chi connectivity index (χ4n) is 8.27. The molecule has 3 nitrogen and oxygen atoms in total. The molecule has 3 aromatic heterocycles. The second-order valence-electron chi connectivity index (χ2n) is 13.5. The molecule has 0 aliphatic heterocycles. The first-order valence-electron chi connectivity index (χ1n) is 17.7. The van der Waals surface area contributed by atoms with E-state index >= 15 is 0 Å². The van der Waals surface area contributed by atoms with Gasteiger partial charge in [0.15, 0.2) is 0 Å². The highest BCUT2D eigenvalue weighted by atomic mass is 14.8. The van der Waals surface area contributed by atoms with Gasteiger partial charge in [-0.15, -0.1) is 0 Å². The number of hydrogen-bond acceptors (Lipinski definition) is 3. The van der Waals surface area contributed by atoms with Gasteiger partial charge < -0.3 is 0 Å². The number of hydrogen-bond donors (Lipinski definition) is 0. The van der Waals surface area contributed by atoms with Gasteiger partial charge in [-0.05, 0) is 61.6 Å². The van der Waals surface area contributed by atoms with Crippen molar-refractivity contribution in [2.24, 2.45) is 0 Å². The largest absolute Gasteiger partial charge is 0.253 e. The number of pyridine rings is 3. The molecular formula is C49H29N3. The SMILES string of the molecule is c1ccc(-c2c3ccccc3c(-c3nc4ccccc4c4cnc5c(ccc6ccc(-c7ccc8ccccc8c7)nc65)c34)c3ccccc23)cc1. The zero-order valence-electron chi connectivity index (χ0n) is 28.1. The molecule has 52 heavy (non-hydrogen) atoms. The van der Waals surface area contributed by atoms with Crippen LogP contribution in [0.15, 0.2) is 176 Å². The molecular weight excluding hydrogens is 631 g/mol. The predicted molar refractivity (Wildman–Crippen MR) is 219 cm³/mol. The highest BCUT2D eigenvalue weighted by Gasteiger charge is 2.22. The van der Waals surface area contributed by atoms with E-state index < -0.39 is 0 Å². The minimum atomic E-state index is 0.875. The second kappa shape index (κ2) is 11.3. The second-order valence-corrected chi connectivity index (χ2v) is 13.5. The first-order valence-corrected chi connectivity index (χ1v) is 17.7. The average molecular weight is 660 g/mol. The summed E-state index contributed by atoms with van der Waals surface area (Å²) >= 11 is 0. The van der Waals surface area contributed by atoms with E-state index in [1.807, 2.05) is 6.20 Å². The van der Waals surface area contributed by atoms with E-state index in [1.165, 1.54) is 43.4 Å². The van der Waals surface area contributed by atoms with Crippen LogP contribution in [-0.4, -0.2) is 15.0 Å². The standard InChI is InChI=1S/C49H29N3/c1-2-13-31(14-3-1)44-36-17-6-8-19-38(36)45(39-20-9-7-18-37(39)44)49-46-40-26-24-32-25-27-42(34-23-22-30-12-4-5-15-33(30)28-34)51-47(32)48(40)50-29-41(46)35-16-10-11-21-43(35)52-49/h1-29H. The Kier molecular flexibility index (Phi) is 6.25. The molecule has 8 aromatic carbocycles. The van der Waals surface area contributed by atoms with Gasteiger partial charge in [0.05, 0.1) is 27.9 Å². The predicted octanol–water partition coefficient (Wildman–Crippen LogP) is 12.9. The maximum absolute atomic E-state index is 5.55. The number of rotatable bonds is 3. The lowest BCUT2D eigenvalue weighted by Gasteiger charge is -2.19. The first-order chi connectivity index (χ1) is 25.8. The number of aromatic nitrogens is 3. The molecule has 0 N–H and O–H groups in total. The fraction of sp³-hybridized carbons (Fsp3) is 0. The summed E-state index contributed by atoms with van der Waals surface area (Å²) in [6.07, 6.45) is 2.04.